The van der Waals surface area contributed by atoms with Crippen LogP contribution in [0.1, 0.15) is 79.1 Å². The van der Waals surface area contributed by atoms with Crippen LogP contribution in [0, 0.1) is 0 Å². The molecule has 0 saturated heterocycles. The topological polar surface area (TPSA) is 21.3 Å². The fourth-order valence-corrected chi connectivity index (χ4v) is 2.21. The van der Waals surface area contributed by atoms with E-state index in [1.165, 1.54) is 44.9 Å². The molecule has 0 bridgehead atoms. The number of rotatable bonds is 13. The highest BCUT2D eigenvalue weighted by atomic mass is 16.5. The van der Waals surface area contributed by atoms with E-state index >= 15 is 0 Å². The standard InChI is InChI=1S/C16H35NO/c1-5-7-8-9-10-11-13-18-16(4)14-15(3)17-12-6-2/h15-17H,5-14H2,1-4H3. The molecule has 0 aliphatic heterocycles. The van der Waals surface area contributed by atoms with Crippen molar-refractivity contribution in [1.82, 2.24) is 5.32 Å². The highest BCUT2D eigenvalue weighted by molar-refractivity contribution is 4.64. The van der Waals surface area contributed by atoms with Crippen LogP contribution in [0.25, 0.3) is 0 Å². The molecule has 1 N–H and O–H groups in total. The molecule has 0 aromatic rings. The number of hydrogen-bond donors (Lipinski definition) is 1. The summed E-state index contributed by atoms with van der Waals surface area (Å²) in [5.74, 6) is 0. The van der Waals surface area contributed by atoms with Crippen molar-refractivity contribution in [2.45, 2.75) is 91.2 Å². The van der Waals surface area contributed by atoms with Gasteiger partial charge in [0.2, 0.25) is 0 Å². The highest BCUT2D eigenvalue weighted by Gasteiger charge is 2.07. The average Bonchev–Trinajstić information content (AvgIpc) is 2.35. The van der Waals surface area contributed by atoms with Gasteiger partial charge in [0.25, 0.3) is 0 Å². The molecule has 0 aliphatic rings. The molecule has 18 heavy (non-hydrogen) atoms. The van der Waals surface area contributed by atoms with E-state index in [2.05, 4.69) is 33.0 Å². The summed E-state index contributed by atoms with van der Waals surface area (Å²) in [6.07, 6.45) is 10.8. The Morgan fingerprint density at radius 1 is 0.889 bits per heavy atom. The van der Waals surface area contributed by atoms with Crippen LogP contribution in [0.4, 0.5) is 0 Å². The molecule has 0 radical (unpaired) electrons. The van der Waals surface area contributed by atoms with Crippen molar-refractivity contribution in [2.75, 3.05) is 13.2 Å². The second-order valence-electron chi connectivity index (χ2n) is 5.54. The van der Waals surface area contributed by atoms with E-state index in [0.29, 0.717) is 12.1 Å². The third-order valence-corrected chi connectivity index (χ3v) is 3.33. The molecule has 0 aromatic carbocycles. The van der Waals surface area contributed by atoms with Gasteiger partial charge in [-0.1, -0.05) is 46.0 Å². The Morgan fingerprint density at radius 3 is 2.22 bits per heavy atom. The lowest BCUT2D eigenvalue weighted by molar-refractivity contribution is 0.0516. The molecular formula is C16H35NO. The van der Waals surface area contributed by atoms with Crippen molar-refractivity contribution >= 4 is 0 Å². The van der Waals surface area contributed by atoms with Crippen molar-refractivity contribution in [3.63, 3.8) is 0 Å². The maximum Gasteiger partial charge on any atom is 0.0561 e. The van der Waals surface area contributed by atoms with Gasteiger partial charge in [0.05, 0.1) is 6.10 Å². The van der Waals surface area contributed by atoms with Gasteiger partial charge in [0.15, 0.2) is 0 Å². The number of unbranched alkanes of at least 4 members (excludes halogenated alkanes) is 5. The molecule has 2 heteroatoms. The minimum absolute atomic E-state index is 0.389. The van der Waals surface area contributed by atoms with Crippen LogP contribution in [0.5, 0.6) is 0 Å². The smallest absolute Gasteiger partial charge is 0.0561 e. The van der Waals surface area contributed by atoms with Gasteiger partial charge in [0.1, 0.15) is 0 Å². The van der Waals surface area contributed by atoms with Gasteiger partial charge in [0, 0.05) is 12.6 Å². The molecule has 0 amide bonds. The Labute approximate surface area is 115 Å². The van der Waals surface area contributed by atoms with Crippen LogP contribution in [0.3, 0.4) is 0 Å². The van der Waals surface area contributed by atoms with Crippen molar-refractivity contribution in [2.24, 2.45) is 0 Å². The van der Waals surface area contributed by atoms with E-state index in [0.717, 1.165) is 19.6 Å². The molecule has 0 spiro atoms. The molecule has 2 nitrogen and oxygen atoms in total. The number of nitrogens with one attached hydrogen (secondary N) is 1. The molecule has 0 aliphatic carbocycles. The summed E-state index contributed by atoms with van der Waals surface area (Å²) in [4.78, 5) is 0. The lowest BCUT2D eigenvalue weighted by atomic mass is 10.1. The van der Waals surface area contributed by atoms with Crippen molar-refractivity contribution in [3.8, 4) is 0 Å². The van der Waals surface area contributed by atoms with E-state index in [1.54, 1.807) is 0 Å². The van der Waals surface area contributed by atoms with Gasteiger partial charge < -0.3 is 10.1 Å². The third kappa shape index (κ3) is 12.4. The molecule has 0 heterocycles. The van der Waals surface area contributed by atoms with Crippen molar-refractivity contribution in [1.29, 1.82) is 0 Å². The van der Waals surface area contributed by atoms with E-state index in [-0.39, 0.29) is 0 Å². The van der Waals surface area contributed by atoms with Gasteiger partial charge in [-0.25, -0.2) is 0 Å². The van der Waals surface area contributed by atoms with Gasteiger partial charge in [-0.2, -0.15) is 0 Å². The fourth-order valence-electron chi connectivity index (χ4n) is 2.21. The zero-order chi connectivity index (χ0) is 13.6. The monoisotopic (exact) mass is 257 g/mol. The van der Waals surface area contributed by atoms with Crippen LogP contribution < -0.4 is 5.32 Å². The molecule has 0 fully saturated rings. The highest BCUT2D eigenvalue weighted by Crippen LogP contribution is 2.07. The quantitative estimate of drug-likeness (QED) is 0.489. The van der Waals surface area contributed by atoms with Gasteiger partial charge >= 0.3 is 0 Å². The number of ether oxygens (including phenoxy) is 1. The van der Waals surface area contributed by atoms with Crippen LogP contribution in [-0.4, -0.2) is 25.3 Å². The summed E-state index contributed by atoms with van der Waals surface area (Å²) >= 11 is 0. The largest absolute Gasteiger partial charge is 0.378 e. The summed E-state index contributed by atoms with van der Waals surface area (Å²) in [6, 6.07) is 0.574. The van der Waals surface area contributed by atoms with Gasteiger partial charge in [-0.3, -0.25) is 0 Å². The van der Waals surface area contributed by atoms with Crippen molar-refractivity contribution < 1.29 is 4.74 Å². The maximum atomic E-state index is 5.86. The molecule has 2 atom stereocenters. The first-order valence-electron chi connectivity index (χ1n) is 8.05. The summed E-state index contributed by atoms with van der Waals surface area (Å²) in [5, 5.41) is 3.51. The molecule has 110 valence electrons. The predicted octanol–water partition coefficient (Wildman–Crippen LogP) is 4.53. The Bertz CT molecular complexity index is 161. The fraction of sp³-hybridized carbons (Fsp3) is 1.00. The zero-order valence-corrected chi connectivity index (χ0v) is 13.1. The van der Waals surface area contributed by atoms with Crippen LogP contribution in [0.2, 0.25) is 0 Å². The Balaban J connectivity index is 3.28. The lowest BCUT2D eigenvalue weighted by Crippen LogP contribution is -2.30. The predicted molar refractivity (Wildman–Crippen MR) is 81.2 cm³/mol. The van der Waals surface area contributed by atoms with Gasteiger partial charge in [-0.05, 0) is 39.7 Å². The molecule has 0 saturated carbocycles. The zero-order valence-electron chi connectivity index (χ0n) is 13.1. The summed E-state index contributed by atoms with van der Waals surface area (Å²) < 4.78 is 5.86. The van der Waals surface area contributed by atoms with E-state index in [4.69, 9.17) is 4.74 Å². The average molecular weight is 257 g/mol. The summed E-state index contributed by atoms with van der Waals surface area (Å²) in [5.41, 5.74) is 0. The van der Waals surface area contributed by atoms with Crippen LogP contribution >= 0.6 is 0 Å². The molecule has 2 unspecified atom stereocenters. The summed E-state index contributed by atoms with van der Waals surface area (Å²) in [6.45, 7) is 11.0. The normalized spacial score (nSPS) is 14.7. The lowest BCUT2D eigenvalue weighted by Gasteiger charge is -2.19. The maximum absolute atomic E-state index is 5.86. The Kier molecular flexibility index (Phi) is 13.3. The second-order valence-corrected chi connectivity index (χ2v) is 5.54. The minimum Gasteiger partial charge on any atom is -0.378 e. The molecule has 0 aromatic heterocycles. The first kappa shape index (κ1) is 17.9. The van der Waals surface area contributed by atoms with E-state index < -0.39 is 0 Å². The van der Waals surface area contributed by atoms with E-state index in [1.807, 2.05) is 0 Å². The first-order valence-corrected chi connectivity index (χ1v) is 8.05. The molecule has 0 rings (SSSR count). The van der Waals surface area contributed by atoms with Crippen LogP contribution in [0.15, 0.2) is 0 Å². The van der Waals surface area contributed by atoms with Gasteiger partial charge in [-0.15, -0.1) is 0 Å². The second kappa shape index (κ2) is 13.4. The third-order valence-electron chi connectivity index (χ3n) is 3.33. The van der Waals surface area contributed by atoms with Crippen molar-refractivity contribution in [3.05, 3.63) is 0 Å². The SMILES string of the molecule is CCCCCCCCOC(C)CC(C)NCCC. The first-order chi connectivity index (χ1) is 8.70. The molecular weight excluding hydrogens is 222 g/mol. The number of hydrogen-bond acceptors (Lipinski definition) is 2. The minimum atomic E-state index is 0.389. The Hall–Kier alpha value is -0.0800. The van der Waals surface area contributed by atoms with Crippen LogP contribution in [-0.2, 0) is 4.74 Å². The summed E-state index contributed by atoms with van der Waals surface area (Å²) in [7, 11) is 0. The Morgan fingerprint density at radius 2 is 1.56 bits per heavy atom. The van der Waals surface area contributed by atoms with E-state index in [9.17, 15) is 0 Å².